The summed E-state index contributed by atoms with van der Waals surface area (Å²) in [6.07, 6.45) is 1.06. The Morgan fingerprint density at radius 1 is 1.30 bits per heavy atom. The van der Waals surface area contributed by atoms with Gasteiger partial charge >= 0.3 is 0 Å². The average Bonchev–Trinajstić information content (AvgIpc) is 3.04. The molecule has 126 valence electrons. The van der Waals surface area contributed by atoms with Crippen molar-refractivity contribution in [2.45, 2.75) is 13.3 Å². The third-order valence-corrected chi connectivity index (χ3v) is 2.96. The minimum atomic E-state index is -0.351. The van der Waals surface area contributed by atoms with Crippen LogP contribution in [0.2, 0.25) is 0 Å². The van der Waals surface area contributed by atoms with Crippen LogP contribution in [0.25, 0.3) is 11.5 Å². The van der Waals surface area contributed by atoms with Crippen LogP contribution in [0.1, 0.15) is 24.0 Å². The van der Waals surface area contributed by atoms with Crippen molar-refractivity contribution < 1.29 is 14.1 Å². The van der Waals surface area contributed by atoms with Gasteiger partial charge in [-0.05, 0) is 31.2 Å². The second-order valence-electron chi connectivity index (χ2n) is 4.66. The van der Waals surface area contributed by atoms with Crippen LogP contribution in [0.15, 0.2) is 28.8 Å². The Hall–Kier alpha value is -2.12. The monoisotopic (exact) mass is 340 g/mol. The van der Waals surface area contributed by atoms with E-state index in [1.807, 2.05) is 18.2 Å². The summed E-state index contributed by atoms with van der Waals surface area (Å²) >= 11 is 0. The zero-order valence-corrected chi connectivity index (χ0v) is 14.0. The SMILES string of the molecule is CCCNCCNC(=O)c1noc(-c2cccc(OC)c2)n1.Cl. The van der Waals surface area contributed by atoms with Crippen LogP contribution in [0.4, 0.5) is 0 Å². The first-order valence-corrected chi connectivity index (χ1v) is 7.21. The summed E-state index contributed by atoms with van der Waals surface area (Å²) < 4.78 is 10.3. The number of halogens is 1. The summed E-state index contributed by atoms with van der Waals surface area (Å²) in [4.78, 5) is 16.0. The maximum absolute atomic E-state index is 11.9. The maximum atomic E-state index is 11.9. The summed E-state index contributed by atoms with van der Waals surface area (Å²) in [5.41, 5.74) is 0.704. The molecule has 0 saturated carbocycles. The van der Waals surface area contributed by atoms with E-state index in [9.17, 15) is 4.79 Å². The molecular formula is C15H21ClN4O3. The predicted molar refractivity (Wildman–Crippen MR) is 89.0 cm³/mol. The molecule has 8 heteroatoms. The van der Waals surface area contributed by atoms with E-state index in [1.54, 1.807) is 13.2 Å². The molecule has 23 heavy (non-hydrogen) atoms. The minimum Gasteiger partial charge on any atom is -0.497 e. The Kier molecular flexibility index (Phi) is 8.07. The van der Waals surface area contributed by atoms with E-state index in [-0.39, 0.29) is 30.0 Å². The molecule has 2 N–H and O–H groups in total. The van der Waals surface area contributed by atoms with E-state index in [0.29, 0.717) is 24.4 Å². The predicted octanol–water partition coefficient (Wildman–Crippen LogP) is 1.90. The van der Waals surface area contributed by atoms with E-state index in [2.05, 4.69) is 27.7 Å². The van der Waals surface area contributed by atoms with Gasteiger partial charge in [-0.3, -0.25) is 4.79 Å². The number of rotatable bonds is 8. The van der Waals surface area contributed by atoms with Gasteiger partial charge in [-0.2, -0.15) is 4.98 Å². The van der Waals surface area contributed by atoms with Gasteiger partial charge in [-0.25, -0.2) is 0 Å². The molecule has 7 nitrogen and oxygen atoms in total. The lowest BCUT2D eigenvalue weighted by Crippen LogP contribution is -2.32. The lowest BCUT2D eigenvalue weighted by Gasteiger charge is -2.03. The summed E-state index contributed by atoms with van der Waals surface area (Å²) in [6.45, 7) is 4.24. The highest BCUT2D eigenvalue weighted by Gasteiger charge is 2.15. The standard InChI is InChI=1S/C15H20N4O3.ClH/c1-3-7-16-8-9-17-14(20)13-18-15(22-19-13)11-5-4-6-12(10-11)21-2;/h4-6,10,16H,3,7-9H2,1-2H3,(H,17,20);1H. The van der Waals surface area contributed by atoms with Crippen molar-refractivity contribution in [3.05, 3.63) is 30.1 Å². The third kappa shape index (κ3) is 5.54. The van der Waals surface area contributed by atoms with Gasteiger partial charge in [0.05, 0.1) is 7.11 Å². The molecule has 1 amide bonds. The van der Waals surface area contributed by atoms with E-state index >= 15 is 0 Å². The van der Waals surface area contributed by atoms with Crippen LogP contribution in [0.5, 0.6) is 5.75 Å². The van der Waals surface area contributed by atoms with Crippen LogP contribution in [0, 0.1) is 0 Å². The summed E-state index contributed by atoms with van der Waals surface area (Å²) in [6, 6.07) is 7.21. The molecule has 2 rings (SSSR count). The Balaban J connectivity index is 0.00000264. The van der Waals surface area contributed by atoms with Crippen LogP contribution < -0.4 is 15.4 Å². The van der Waals surface area contributed by atoms with Crippen molar-refractivity contribution >= 4 is 18.3 Å². The van der Waals surface area contributed by atoms with Crippen molar-refractivity contribution in [3.63, 3.8) is 0 Å². The first kappa shape index (κ1) is 18.9. The van der Waals surface area contributed by atoms with Gasteiger partial charge in [-0.15, -0.1) is 12.4 Å². The van der Waals surface area contributed by atoms with Gasteiger partial charge in [0.2, 0.25) is 0 Å². The first-order chi connectivity index (χ1) is 10.7. The molecule has 0 bridgehead atoms. The Bertz CT molecular complexity index is 618. The molecule has 1 aromatic heterocycles. The van der Waals surface area contributed by atoms with Crippen LogP contribution in [-0.2, 0) is 0 Å². The number of nitrogens with zero attached hydrogens (tertiary/aromatic N) is 2. The molecule has 0 radical (unpaired) electrons. The third-order valence-electron chi connectivity index (χ3n) is 2.96. The number of carbonyl (C=O) groups excluding carboxylic acids is 1. The van der Waals surface area contributed by atoms with Crippen molar-refractivity contribution in [2.75, 3.05) is 26.7 Å². The Labute approximate surface area is 141 Å². The zero-order chi connectivity index (χ0) is 15.8. The number of ether oxygens (including phenoxy) is 1. The second kappa shape index (κ2) is 9.81. The van der Waals surface area contributed by atoms with Crippen molar-refractivity contribution in [2.24, 2.45) is 0 Å². The van der Waals surface area contributed by atoms with E-state index < -0.39 is 0 Å². The quantitative estimate of drug-likeness (QED) is 0.713. The molecule has 0 aliphatic carbocycles. The van der Waals surface area contributed by atoms with Crippen LogP contribution in [0.3, 0.4) is 0 Å². The minimum absolute atomic E-state index is 0. The van der Waals surface area contributed by atoms with Gasteiger partial charge in [-0.1, -0.05) is 18.1 Å². The fourth-order valence-corrected chi connectivity index (χ4v) is 1.83. The first-order valence-electron chi connectivity index (χ1n) is 7.21. The number of nitrogens with one attached hydrogen (secondary N) is 2. The number of benzene rings is 1. The molecule has 0 aliphatic heterocycles. The highest BCUT2D eigenvalue weighted by Crippen LogP contribution is 2.21. The largest absolute Gasteiger partial charge is 0.497 e. The van der Waals surface area contributed by atoms with Crippen LogP contribution >= 0.6 is 12.4 Å². The van der Waals surface area contributed by atoms with Crippen LogP contribution in [-0.4, -0.2) is 42.8 Å². The van der Waals surface area contributed by atoms with E-state index in [1.165, 1.54) is 0 Å². The molecule has 0 saturated heterocycles. The number of hydrogen-bond donors (Lipinski definition) is 2. The molecule has 0 atom stereocenters. The molecule has 0 fully saturated rings. The number of methoxy groups -OCH3 is 1. The number of aromatic nitrogens is 2. The van der Waals surface area contributed by atoms with Crippen molar-refractivity contribution in [1.29, 1.82) is 0 Å². The number of hydrogen-bond acceptors (Lipinski definition) is 6. The maximum Gasteiger partial charge on any atom is 0.292 e. The van der Waals surface area contributed by atoms with Crippen molar-refractivity contribution in [3.8, 4) is 17.2 Å². The zero-order valence-electron chi connectivity index (χ0n) is 13.2. The fraction of sp³-hybridized carbons (Fsp3) is 0.400. The highest BCUT2D eigenvalue weighted by atomic mass is 35.5. The van der Waals surface area contributed by atoms with E-state index in [0.717, 1.165) is 13.0 Å². The summed E-state index contributed by atoms with van der Waals surface area (Å²) in [5.74, 6) is 0.640. The average molecular weight is 341 g/mol. The number of carbonyl (C=O) groups is 1. The molecule has 1 aromatic carbocycles. The topological polar surface area (TPSA) is 89.3 Å². The van der Waals surface area contributed by atoms with Gasteiger partial charge in [0.1, 0.15) is 5.75 Å². The lowest BCUT2D eigenvalue weighted by atomic mass is 10.2. The number of amides is 1. The second-order valence-corrected chi connectivity index (χ2v) is 4.66. The highest BCUT2D eigenvalue weighted by molar-refractivity contribution is 5.90. The van der Waals surface area contributed by atoms with Gasteiger partial charge < -0.3 is 19.9 Å². The normalized spacial score (nSPS) is 10.0. The fourth-order valence-electron chi connectivity index (χ4n) is 1.83. The van der Waals surface area contributed by atoms with Gasteiger partial charge in [0, 0.05) is 18.7 Å². The van der Waals surface area contributed by atoms with E-state index in [4.69, 9.17) is 9.26 Å². The molecule has 2 aromatic rings. The Morgan fingerprint density at radius 2 is 2.13 bits per heavy atom. The molecular weight excluding hydrogens is 320 g/mol. The van der Waals surface area contributed by atoms with Crippen molar-refractivity contribution in [1.82, 2.24) is 20.8 Å². The summed E-state index contributed by atoms with van der Waals surface area (Å²) in [5, 5.41) is 9.63. The smallest absolute Gasteiger partial charge is 0.292 e. The lowest BCUT2D eigenvalue weighted by molar-refractivity contribution is 0.0940. The summed E-state index contributed by atoms with van der Waals surface area (Å²) in [7, 11) is 1.58. The van der Waals surface area contributed by atoms with Gasteiger partial charge in [0.25, 0.3) is 17.6 Å². The molecule has 0 aliphatic rings. The van der Waals surface area contributed by atoms with Gasteiger partial charge in [0.15, 0.2) is 0 Å². The molecule has 1 heterocycles. The Morgan fingerprint density at radius 3 is 2.87 bits per heavy atom. The molecule has 0 unspecified atom stereocenters. The molecule has 0 spiro atoms.